The summed E-state index contributed by atoms with van der Waals surface area (Å²) in [5.74, 6) is -0.639. The van der Waals surface area contributed by atoms with Crippen LogP contribution >= 0.6 is 27.7 Å². The SMILES string of the molecule is C=C(CSc1ccc(Br)cc1N)C(=O)O. The molecule has 3 N–H and O–H groups in total. The van der Waals surface area contributed by atoms with Crippen LogP contribution in [0, 0.1) is 0 Å². The fraction of sp³-hybridized carbons (Fsp3) is 0.100. The van der Waals surface area contributed by atoms with Crippen molar-refractivity contribution in [3.63, 3.8) is 0 Å². The van der Waals surface area contributed by atoms with Gasteiger partial charge in [0, 0.05) is 26.4 Å². The molecule has 0 heterocycles. The van der Waals surface area contributed by atoms with Gasteiger partial charge in [0.05, 0.1) is 0 Å². The molecule has 0 aliphatic heterocycles. The van der Waals surface area contributed by atoms with Crippen molar-refractivity contribution in [3.05, 3.63) is 34.8 Å². The minimum Gasteiger partial charge on any atom is -0.478 e. The first kappa shape index (κ1) is 12.1. The van der Waals surface area contributed by atoms with Gasteiger partial charge >= 0.3 is 5.97 Å². The number of hydrogen-bond acceptors (Lipinski definition) is 3. The first-order chi connectivity index (χ1) is 7.00. The number of nitrogen functional groups attached to an aromatic ring is 1. The van der Waals surface area contributed by atoms with Crippen molar-refractivity contribution in [1.29, 1.82) is 0 Å². The summed E-state index contributed by atoms with van der Waals surface area (Å²) < 4.78 is 0.904. The van der Waals surface area contributed by atoms with Gasteiger partial charge in [-0.25, -0.2) is 4.79 Å². The van der Waals surface area contributed by atoms with E-state index in [1.165, 1.54) is 11.8 Å². The number of carboxylic acids is 1. The number of nitrogens with two attached hydrogens (primary N) is 1. The number of aliphatic carboxylic acids is 1. The largest absolute Gasteiger partial charge is 0.478 e. The van der Waals surface area contributed by atoms with Gasteiger partial charge in [-0.15, -0.1) is 11.8 Å². The van der Waals surface area contributed by atoms with Crippen LogP contribution in [0.5, 0.6) is 0 Å². The Balaban J connectivity index is 2.66. The molecule has 0 aliphatic rings. The molecule has 0 aliphatic carbocycles. The van der Waals surface area contributed by atoms with Crippen LogP contribution in [0.4, 0.5) is 5.69 Å². The lowest BCUT2D eigenvalue weighted by Crippen LogP contribution is -2.01. The molecule has 1 rings (SSSR count). The molecule has 5 heteroatoms. The lowest BCUT2D eigenvalue weighted by atomic mass is 10.3. The molecule has 0 spiro atoms. The molecule has 0 aromatic heterocycles. The van der Waals surface area contributed by atoms with Crippen LogP contribution in [0.3, 0.4) is 0 Å². The maximum atomic E-state index is 10.5. The van der Waals surface area contributed by atoms with Gasteiger partial charge < -0.3 is 10.8 Å². The van der Waals surface area contributed by atoms with Crippen LogP contribution in [0.2, 0.25) is 0 Å². The number of halogens is 1. The van der Waals surface area contributed by atoms with Gasteiger partial charge in [-0.1, -0.05) is 22.5 Å². The number of rotatable bonds is 4. The fourth-order valence-electron chi connectivity index (χ4n) is 0.877. The van der Waals surface area contributed by atoms with Gasteiger partial charge in [-0.2, -0.15) is 0 Å². The van der Waals surface area contributed by atoms with Crippen LogP contribution in [-0.2, 0) is 4.79 Å². The summed E-state index contributed by atoms with van der Waals surface area (Å²) >= 11 is 4.66. The van der Waals surface area contributed by atoms with E-state index < -0.39 is 5.97 Å². The van der Waals surface area contributed by atoms with E-state index in [-0.39, 0.29) is 5.57 Å². The second-order valence-corrected chi connectivity index (χ2v) is 4.81. The average molecular weight is 288 g/mol. The summed E-state index contributed by atoms with van der Waals surface area (Å²) in [7, 11) is 0. The smallest absolute Gasteiger partial charge is 0.331 e. The molecule has 15 heavy (non-hydrogen) atoms. The molecule has 0 saturated heterocycles. The summed E-state index contributed by atoms with van der Waals surface area (Å²) in [6, 6.07) is 5.49. The van der Waals surface area contributed by atoms with Crippen molar-refractivity contribution in [2.45, 2.75) is 4.90 Å². The summed E-state index contributed by atoms with van der Waals surface area (Å²) in [5.41, 5.74) is 6.56. The van der Waals surface area contributed by atoms with Crippen LogP contribution < -0.4 is 5.73 Å². The number of hydrogen-bond donors (Lipinski definition) is 2. The van der Waals surface area contributed by atoms with E-state index in [1.54, 1.807) is 6.07 Å². The minimum atomic E-state index is -0.974. The Bertz CT molecular complexity index is 406. The van der Waals surface area contributed by atoms with Gasteiger partial charge in [0.25, 0.3) is 0 Å². The first-order valence-corrected chi connectivity index (χ1v) is 5.87. The van der Waals surface area contributed by atoms with Gasteiger partial charge in [-0.05, 0) is 18.2 Å². The standard InChI is InChI=1S/C10H10BrNO2S/c1-6(10(13)14)5-15-9-3-2-7(11)4-8(9)12/h2-4H,1,5,12H2,(H,13,14). The Kier molecular flexibility index (Phi) is 4.23. The molecule has 0 bridgehead atoms. The molecular formula is C10H10BrNO2S. The van der Waals surface area contributed by atoms with E-state index in [2.05, 4.69) is 22.5 Å². The Morgan fingerprint density at radius 2 is 2.27 bits per heavy atom. The van der Waals surface area contributed by atoms with Crippen molar-refractivity contribution >= 4 is 39.3 Å². The van der Waals surface area contributed by atoms with Gasteiger partial charge in [-0.3, -0.25) is 0 Å². The van der Waals surface area contributed by atoms with E-state index in [9.17, 15) is 4.79 Å². The van der Waals surface area contributed by atoms with Gasteiger partial charge in [0.1, 0.15) is 0 Å². The lowest BCUT2D eigenvalue weighted by molar-refractivity contribution is -0.132. The molecule has 0 radical (unpaired) electrons. The Labute approximate surface area is 100 Å². The summed E-state index contributed by atoms with van der Waals surface area (Å²) in [5, 5.41) is 8.62. The summed E-state index contributed by atoms with van der Waals surface area (Å²) in [6.45, 7) is 3.45. The van der Waals surface area contributed by atoms with Gasteiger partial charge in [0.2, 0.25) is 0 Å². The van der Waals surface area contributed by atoms with Crippen LogP contribution in [0.1, 0.15) is 0 Å². The second-order valence-electron chi connectivity index (χ2n) is 2.88. The maximum absolute atomic E-state index is 10.5. The molecule has 0 saturated carbocycles. The molecule has 0 fully saturated rings. The number of thioether (sulfide) groups is 1. The number of anilines is 1. The third kappa shape index (κ3) is 3.60. The minimum absolute atomic E-state index is 0.169. The monoisotopic (exact) mass is 287 g/mol. The molecule has 0 unspecified atom stereocenters. The predicted octanol–water partition coefficient (Wildman–Crippen LogP) is 2.76. The van der Waals surface area contributed by atoms with Crippen molar-refractivity contribution in [1.82, 2.24) is 0 Å². The Morgan fingerprint density at radius 3 is 2.80 bits per heavy atom. The van der Waals surface area contributed by atoms with Crippen molar-refractivity contribution < 1.29 is 9.90 Å². The highest BCUT2D eigenvalue weighted by atomic mass is 79.9. The molecule has 3 nitrogen and oxygen atoms in total. The third-order valence-electron chi connectivity index (χ3n) is 1.68. The zero-order valence-corrected chi connectivity index (χ0v) is 10.3. The average Bonchev–Trinajstić information content (AvgIpc) is 2.15. The van der Waals surface area contributed by atoms with E-state index in [4.69, 9.17) is 10.8 Å². The Hall–Kier alpha value is -0.940. The number of benzene rings is 1. The van der Waals surface area contributed by atoms with E-state index in [0.29, 0.717) is 11.4 Å². The number of carboxylic acid groups (broad SMARTS) is 1. The normalized spacial score (nSPS) is 9.93. The molecule has 1 aromatic rings. The van der Waals surface area contributed by atoms with Crippen LogP contribution in [-0.4, -0.2) is 16.8 Å². The highest BCUT2D eigenvalue weighted by Gasteiger charge is 2.06. The Morgan fingerprint density at radius 1 is 1.60 bits per heavy atom. The fourth-order valence-corrected chi connectivity index (χ4v) is 2.10. The van der Waals surface area contributed by atoms with Crippen LogP contribution in [0.25, 0.3) is 0 Å². The van der Waals surface area contributed by atoms with Gasteiger partial charge in [0.15, 0.2) is 0 Å². The molecular weight excluding hydrogens is 278 g/mol. The number of carbonyl (C=O) groups is 1. The molecule has 1 aromatic carbocycles. The molecule has 0 amide bonds. The van der Waals surface area contributed by atoms with E-state index in [0.717, 1.165) is 9.37 Å². The summed E-state index contributed by atoms with van der Waals surface area (Å²) in [6.07, 6.45) is 0. The van der Waals surface area contributed by atoms with Crippen LogP contribution in [0.15, 0.2) is 39.7 Å². The van der Waals surface area contributed by atoms with E-state index in [1.807, 2.05) is 12.1 Å². The van der Waals surface area contributed by atoms with Crippen molar-refractivity contribution in [2.24, 2.45) is 0 Å². The quantitative estimate of drug-likeness (QED) is 0.508. The highest BCUT2D eigenvalue weighted by molar-refractivity contribution is 9.10. The molecule has 0 atom stereocenters. The first-order valence-electron chi connectivity index (χ1n) is 4.09. The zero-order chi connectivity index (χ0) is 11.4. The lowest BCUT2D eigenvalue weighted by Gasteiger charge is -2.05. The van der Waals surface area contributed by atoms with Crippen molar-refractivity contribution in [2.75, 3.05) is 11.5 Å². The highest BCUT2D eigenvalue weighted by Crippen LogP contribution is 2.28. The molecule has 80 valence electrons. The topological polar surface area (TPSA) is 63.3 Å². The van der Waals surface area contributed by atoms with Crippen molar-refractivity contribution in [3.8, 4) is 0 Å². The summed E-state index contributed by atoms with van der Waals surface area (Å²) in [4.78, 5) is 11.4. The van der Waals surface area contributed by atoms with E-state index >= 15 is 0 Å². The second kappa shape index (κ2) is 5.23. The maximum Gasteiger partial charge on any atom is 0.331 e. The predicted molar refractivity (Wildman–Crippen MR) is 66.1 cm³/mol. The third-order valence-corrected chi connectivity index (χ3v) is 3.35. The zero-order valence-electron chi connectivity index (χ0n) is 7.87.